The van der Waals surface area contributed by atoms with E-state index in [9.17, 15) is 4.39 Å². The van der Waals surface area contributed by atoms with Crippen molar-refractivity contribution in [3.05, 3.63) is 35.6 Å². The third-order valence-electron chi connectivity index (χ3n) is 2.48. The molecule has 5 heteroatoms. The Bertz CT molecular complexity index is 702. The summed E-state index contributed by atoms with van der Waals surface area (Å²) in [6, 6.07) is 6.16. The van der Waals surface area contributed by atoms with Crippen molar-refractivity contribution < 1.29 is 8.81 Å². The molecule has 0 bridgehead atoms. The zero-order valence-electron chi connectivity index (χ0n) is 9.03. The van der Waals surface area contributed by atoms with Gasteiger partial charge in [0.2, 0.25) is 5.89 Å². The van der Waals surface area contributed by atoms with Crippen LogP contribution in [0.5, 0.6) is 0 Å². The zero-order chi connectivity index (χ0) is 12.0. The minimum Gasteiger partial charge on any atom is -0.435 e. The van der Waals surface area contributed by atoms with Gasteiger partial charge in [0, 0.05) is 6.07 Å². The maximum atomic E-state index is 13.0. The van der Waals surface area contributed by atoms with Gasteiger partial charge in [0.25, 0.3) is 0 Å². The number of nitrogen functional groups attached to an aromatic ring is 1. The molecule has 86 valence electrons. The van der Waals surface area contributed by atoms with Crippen molar-refractivity contribution >= 4 is 27.4 Å². The lowest BCUT2D eigenvalue weighted by Crippen LogP contribution is -1.75. The highest BCUT2D eigenvalue weighted by Crippen LogP contribution is 2.34. The molecule has 0 saturated carbocycles. The van der Waals surface area contributed by atoms with Gasteiger partial charge < -0.3 is 10.2 Å². The fourth-order valence-electron chi connectivity index (χ4n) is 1.72. The molecule has 0 unspecified atom stereocenters. The highest BCUT2D eigenvalue weighted by atomic mass is 32.1. The van der Waals surface area contributed by atoms with Crippen molar-refractivity contribution in [2.45, 2.75) is 6.92 Å². The number of nitrogens with zero attached hydrogens (tertiary/aromatic N) is 1. The maximum Gasteiger partial charge on any atom is 0.237 e. The molecule has 0 aliphatic carbocycles. The van der Waals surface area contributed by atoms with E-state index >= 15 is 0 Å². The molecule has 2 N–H and O–H groups in total. The van der Waals surface area contributed by atoms with E-state index in [-0.39, 0.29) is 5.82 Å². The quantitative estimate of drug-likeness (QED) is 0.716. The van der Waals surface area contributed by atoms with Crippen LogP contribution in [0.2, 0.25) is 0 Å². The summed E-state index contributed by atoms with van der Waals surface area (Å²) in [5, 5.41) is 0.714. The number of aromatic nitrogens is 1. The Balaban J connectivity index is 2.21. The molecule has 3 rings (SSSR count). The monoisotopic (exact) mass is 248 g/mol. The molecule has 0 aliphatic heterocycles. The molecule has 17 heavy (non-hydrogen) atoms. The van der Waals surface area contributed by atoms with Gasteiger partial charge in [0.05, 0.1) is 9.88 Å². The molecule has 0 atom stereocenters. The van der Waals surface area contributed by atoms with Crippen LogP contribution in [0.1, 0.15) is 5.56 Å². The van der Waals surface area contributed by atoms with Crippen LogP contribution < -0.4 is 5.73 Å². The topological polar surface area (TPSA) is 52.0 Å². The third-order valence-corrected chi connectivity index (χ3v) is 3.53. The van der Waals surface area contributed by atoms with Crippen LogP contribution in [-0.4, -0.2) is 4.98 Å². The Morgan fingerprint density at radius 1 is 1.35 bits per heavy atom. The lowest BCUT2D eigenvalue weighted by Gasteiger charge is -1.89. The average Bonchev–Trinajstić information content (AvgIpc) is 2.80. The Labute approximate surface area is 101 Å². The molecule has 3 aromatic rings. The lowest BCUT2D eigenvalue weighted by molar-refractivity contribution is 0.615. The van der Waals surface area contributed by atoms with Gasteiger partial charge in [-0.2, -0.15) is 0 Å². The number of nitrogens with two attached hydrogens (primary N) is 1. The van der Waals surface area contributed by atoms with Crippen LogP contribution in [0.3, 0.4) is 0 Å². The van der Waals surface area contributed by atoms with Gasteiger partial charge in [-0.15, -0.1) is 11.3 Å². The van der Waals surface area contributed by atoms with Gasteiger partial charge in [-0.1, -0.05) is 0 Å². The van der Waals surface area contributed by atoms with Gasteiger partial charge in [-0.25, -0.2) is 9.37 Å². The van der Waals surface area contributed by atoms with Crippen molar-refractivity contribution in [2.24, 2.45) is 0 Å². The number of benzene rings is 1. The molecular weight excluding hydrogens is 239 g/mol. The first-order chi connectivity index (χ1) is 8.13. The van der Waals surface area contributed by atoms with Gasteiger partial charge >= 0.3 is 0 Å². The summed E-state index contributed by atoms with van der Waals surface area (Å²) in [4.78, 5) is 5.15. The van der Waals surface area contributed by atoms with E-state index < -0.39 is 0 Å². The van der Waals surface area contributed by atoms with Crippen molar-refractivity contribution in [1.29, 1.82) is 0 Å². The number of aryl methyl sites for hydroxylation is 1. The largest absolute Gasteiger partial charge is 0.435 e. The van der Waals surface area contributed by atoms with Gasteiger partial charge in [0.15, 0.2) is 5.58 Å². The second-order valence-corrected chi connectivity index (χ2v) is 4.88. The predicted molar refractivity (Wildman–Crippen MR) is 66.4 cm³/mol. The molecule has 0 aliphatic rings. The smallest absolute Gasteiger partial charge is 0.237 e. The van der Waals surface area contributed by atoms with Crippen LogP contribution >= 0.6 is 11.3 Å². The van der Waals surface area contributed by atoms with Crippen molar-refractivity contribution in [2.75, 3.05) is 5.73 Å². The molecular formula is C12H9FN2OS. The number of rotatable bonds is 1. The first-order valence-electron chi connectivity index (χ1n) is 5.06. The number of anilines is 1. The van der Waals surface area contributed by atoms with Crippen molar-refractivity contribution in [3.8, 4) is 10.8 Å². The van der Waals surface area contributed by atoms with Gasteiger partial charge in [-0.3, -0.25) is 0 Å². The van der Waals surface area contributed by atoms with Gasteiger partial charge in [0.1, 0.15) is 11.3 Å². The normalized spacial score (nSPS) is 11.2. The summed E-state index contributed by atoms with van der Waals surface area (Å²) in [7, 11) is 0. The number of thiophene rings is 1. The standard InChI is InChI=1S/C12H9FN2OS/c1-6-4-10(14)17-11(6)12-15-8-5-7(13)2-3-9(8)16-12/h2-5H,14H2,1H3. The first kappa shape index (κ1) is 10.3. The Morgan fingerprint density at radius 3 is 2.88 bits per heavy atom. The van der Waals surface area contributed by atoms with Crippen LogP contribution in [0.4, 0.5) is 9.39 Å². The number of fused-ring (bicyclic) bond motifs is 1. The van der Waals surface area contributed by atoms with Crippen LogP contribution in [-0.2, 0) is 0 Å². The summed E-state index contributed by atoms with van der Waals surface area (Å²) >= 11 is 1.41. The lowest BCUT2D eigenvalue weighted by atomic mass is 10.3. The molecule has 2 aromatic heterocycles. The highest BCUT2D eigenvalue weighted by Gasteiger charge is 2.13. The SMILES string of the molecule is Cc1cc(N)sc1-c1nc2cc(F)ccc2o1. The van der Waals surface area contributed by atoms with E-state index in [0.717, 1.165) is 10.4 Å². The van der Waals surface area contributed by atoms with Crippen LogP contribution in [0.25, 0.3) is 21.9 Å². The average molecular weight is 248 g/mol. The first-order valence-corrected chi connectivity index (χ1v) is 5.87. The molecule has 0 spiro atoms. The molecule has 3 nitrogen and oxygen atoms in total. The third kappa shape index (κ3) is 1.68. The van der Waals surface area contributed by atoms with Crippen molar-refractivity contribution in [3.63, 3.8) is 0 Å². The molecule has 0 amide bonds. The van der Waals surface area contributed by atoms with Crippen LogP contribution in [0, 0.1) is 12.7 Å². The molecule has 2 heterocycles. The number of halogens is 1. The Morgan fingerprint density at radius 2 is 2.18 bits per heavy atom. The minimum absolute atomic E-state index is 0.320. The minimum atomic E-state index is -0.320. The fraction of sp³-hybridized carbons (Fsp3) is 0.0833. The maximum absolute atomic E-state index is 13.0. The second-order valence-electron chi connectivity index (χ2n) is 3.79. The summed E-state index contributed by atoms with van der Waals surface area (Å²) < 4.78 is 18.6. The summed E-state index contributed by atoms with van der Waals surface area (Å²) in [6.07, 6.45) is 0. The summed E-state index contributed by atoms with van der Waals surface area (Å²) in [5.74, 6) is 0.171. The van der Waals surface area contributed by atoms with E-state index in [2.05, 4.69) is 4.98 Å². The molecule has 1 aromatic carbocycles. The number of oxazole rings is 1. The summed E-state index contributed by atoms with van der Waals surface area (Å²) in [6.45, 7) is 1.94. The van der Waals surface area contributed by atoms with Crippen molar-refractivity contribution in [1.82, 2.24) is 4.98 Å². The van der Waals surface area contributed by atoms with Gasteiger partial charge in [-0.05, 0) is 30.7 Å². The van der Waals surface area contributed by atoms with Crippen LogP contribution in [0.15, 0.2) is 28.7 Å². The van der Waals surface area contributed by atoms with E-state index in [0.29, 0.717) is 22.0 Å². The van der Waals surface area contributed by atoms with E-state index in [1.165, 1.54) is 23.5 Å². The molecule has 0 radical (unpaired) electrons. The van der Waals surface area contributed by atoms with E-state index in [4.69, 9.17) is 10.2 Å². The van der Waals surface area contributed by atoms with E-state index in [1.807, 2.05) is 13.0 Å². The highest BCUT2D eigenvalue weighted by molar-refractivity contribution is 7.19. The zero-order valence-corrected chi connectivity index (χ0v) is 9.84. The Kier molecular flexibility index (Phi) is 2.16. The second kappa shape index (κ2) is 3.56. The summed E-state index contributed by atoms with van der Waals surface area (Å²) in [5.41, 5.74) is 7.83. The Hall–Kier alpha value is -1.88. The van der Waals surface area contributed by atoms with E-state index in [1.54, 1.807) is 6.07 Å². The fourth-order valence-corrected chi connectivity index (χ4v) is 2.58. The number of hydrogen-bond acceptors (Lipinski definition) is 4. The predicted octanol–water partition coefficient (Wildman–Crippen LogP) is 3.59. The molecule has 0 fully saturated rings. The number of hydrogen-bond donors (Lipinski definition) is 1. The molecule has 0 saturated heterocycles.